The highest BCUT2D eigenvalue weighted by atomic mass is 32.2. The van der Waals surface area contributed by atoms with Crippen LogP contribution in [0.15, 0.2) is 35.2 Å². The van der Waals surface area contributed by atoms with Gasteiger partial charge in [-0.25, -0.2) is 8.42 Å². The van der Waals surface area contributed by atoms with Gasteiger partial charge in [-0.15, -0.1) is 0 Å². The molecule has 1 aromatic heterocycles. The van der Waals surface area contributed by atoms with Crippen molar-refractivity contribution in [1.82, 2.24) is 9.78 Å². The van der Waals surface area contributed by atoms with Crippen LogP contribution in [0.5, 0.6) is 5.75 Å². The summed E-state index contributed by atoms with van der Waals surface area (Å²) in [6.45, 7) is -1.10. The predicted molar refractivity (Wildman–Crippen MR) is 76.5 cm³/mol. The molecule has 22 heavy (non-hydrogen) atoms. The number of nitrogens with zero attached hydrogens (tertiary/aromatic N) is 2. The number of nitrogens with one attached hydrogen (secondary N) is 1. The van der Waals surface area contributed by atoms with Crippen molar-refractivity contribution in [3.8, 4) is 5.75 Å². The first-order valence-corrected chi connectivity index (χ1v) is 7.90. The van der Waals surface area contributed by atoms with Gasteiger partial charge in [-0.1, -0.05) is 13.0 Å². The summed E-state index contributed by atoms with van der Waals surface area (Å²) in [5.74, 6) is -0.0623. The fourth-order valence-corrected chi connectivity index (χ4v) is 2.92. The predicted octanol–water partition coefficient (Wildman–Crippen LogP) is 2.38. The Morgan fingerprint density at radius 3 is 2.68 bits per heavy atom. The number of ether oxygens (including phenoxy) is 1. The number of aromatic nitrogens is 2. The summed E-state index contributed by atoms with van der Waals surface area (Å²) in [5.41, 5.74) is 0.854. The Labute approximate surface area is 126 Å². The highest BCUT2D eigenvalue weighted by Crippen LogP contribution is 2.21. The number of hydrogen-bond acceptors (Lipinski definition) is 4. The summed E-state index contributed by atoms with van der Waals surface area (Å²) in [4.78, 5) is -0.186. The van der Waals surface area contributed by atoms with Gasteiger partial charge in [0.25, 0.3) is 10.0 Å². The number of hydrogen-bond donors (Lipinski definition) is 1. The van der Waals surface area contributed by atoms with Crippen molar-refractivity contribution in [2.75, 3.05) is 4.72 Å². The van der Waals surface area contributed by atoms with E-state index in [1.807, 2.05) is 6.92 Å². The van der Waals surface area contributed by atoms with Crippen LogP contribution in [0.25, 0.3) is 0 Å². The van der Waals surface area contributed by atoms with Crippen LogP contribution >= 0.6 is 0 Å². The zero-order chi connectivity index (χ0) is 16.3. The van der Waals surface area contributed by atoms with E-state index in [0.717, 1.165) is 11.8 Å². The van der Waals surface area contributed by atoms with Gasteiger partial charge in [-0.05, 0) is 18.6 Å². The van der Waals surface area contributed by atoms with E-state index in [4.69, 9.17) is 0 Å². The van der Waals surface area contributed by atoms with Crippen LogP contribution < -0.4 is 9.46 Å². The smallest absolute Gasteiger partial charge is 0.387 e. The average molecular weight is 331 g/mol. The van der Waals surface area contributed by atoms with E-state index in [0.29, 0.717) is 6.42 Å². The van der Waals surface area contributed by atoms with Gasteiger partial charge >= 0.3 is 6.61 Å². The summed E-state index contributed by atoms with van der Waals surface area (Å²) in [6.07, 6.45) is 0.697. The Morgan fingerprint density at radius 2 is 2.09 bits per heavy atom. The molecule has 120 valence electrons. The molecule has 6 nitrogen and oxygen atoms in total. The first-order chi connectivity index (χ1) is 10.3. The van der Waals surface area contributed by atoms with Gasteiger partial charge in [0.2, 0.25) is 0 Å². The molecule has 0 saturated carbocycles. The van der Waals surface area contributed by atoms with Crippen molar-refractivity contribution in [1.29, 1.82) is 0 Å². The maximum absolute atomic E-state index is 12.2. The van der Waals surface area contributed by atoms with Crippen molar-refractivity contribution in [3.05, 3.63) is 36.0 Å². The molecule has 0 unspecified atom stereocenters. The largest absolute Gasteiger partial charge is 0.435 e. The Morgan fingerprint density at radius 1 is 1.36 bits per heavy atom. The molecular weight excluding hydrogens is 316 g/mol. The number of aryl methyl sites for hydroxylation is 2. The van der Waals surface area contributed by atoms with Crippen LogP contribution in [-0.4, -0.2) is 24.8 Å². The van der Waals surface area contributed by atoms with Gasteiger partial charge in [-0.3, -0.25) is 9.40 Å². The molecule has 0 bridgehead atoms. The highest BCUT2D eigenvalue weighted by molar-refractivity contribution is 7.92. The molecule has 0 fully saturated rings. The van der Waals surface area contributed by atoms with Crippen LogP contribution in [0, 0.1) is 0 Å². The second kappa shape index (κ2) is 6.30. The van der Waals surface area contributed by atoms with Crippen molar-refractivity contribution >= 4 is 15.8 Å². The second-order valence-corrected chi connectivity index (χ2v) is 6.14. The molecule has 0 atom stereocenters. The number of rotatable bonds is 6. The summed E-state index contributed by atoms with van der Waals surface area (Å²) in [7, 11) is -2.23. The van der Waals surface area contributed by atoms with Crippen LogP contribution in [-0.2, 0) is 23.5 Å². The minimum Gasteiger partial charge on any atom is -0.435 e. The summed E-state index contributed by atoms with van der Waals surface area (Å²) >= 11 is 0. The molecule has 0 aliphatic rings. The Hall–Kier alpha value is -2.16. The van der Waals surface area contributed by atoms with E-state index in [2.05, 4.69) is 14.6 Å². The second-order valence-electron chi connectivity index (χ2n) is 4.46. The molecule has 2 rings (SSSR count). The third kappa shape index (κ3) is 3.73. The van der Waals surface area contributed by atoms with Gasteiger partial charge in [-0.2, -0.15) is 13.9 Å². The van der Waals surface area contributed by atoms with E-state index in [1.165, 1.54) is 18.2 Å². The third-order valence-electron chi connectivity index (χ3n) is 2.92. The summed E-state index contributed by atoms with van der Waals surface area (Å²) in [6, 6.07) is 6.49. The molecular formula is C13H15F2N3O3S. The molecule has 0 amide bonds. The van der Waals surface area contributed by atoms with E-state index < -0.39 is 16.6 Å². The van der Waals surface area contributed by atoms with E-state index in [9.17, 15) is 17.2 Å². The zero-order valence-electron chi connectivity index (χ0n) is 12.0. The SMILES string of the molecule is CCc1cc(NS(=O)(=O)c2cccc(OC(F)F)c2)nn1C. The molecule has 0 aliphatic carbocycles. The monoisotopic (exact) mass is 331 g/mol. The van der Waals surface area contributed by atoms with Gasteiger partial charge < -0.3 is 4.74 Å². The minimum atomic E-state index is -3.93. The first-order valence-electron chi connectivity index (χ1n) is 6.42. The number of sulfonamides is 1. The Kier molecular flexibility index (Phi) is 4.65. The van der Waals surface area contributed by atoms with E-state index in [-0.39, 0.29) is 16.5 Å². The number of anilines is 1. The van der Waals surface area contributed by atoms with Crippen LogP contribution in [0.1, 0.15) is 12.6 Å². The maximum Gasteiger partial charge on any atom is 0.387 e. The molecule has 0 saturated heterocycles. The average Bonchev–Trinajstić information content (AvgIpc) is 2.77. The van der Waals surface area contributed by atoms with Gasteiger partial charge in [0.1, 0.15) is 5.75 Å². The quantitative estimate of drug-likeness (QED) is 0.882. The van der Waals surface area contributed by atoms with E-state index in [1.54, 1.807) is 17.8 Å². The molecule has 0 aliphatic heterocycles. The molecule has 1 aromatic carbocycles. The Bertz CT molecular complexity index is 760. The standard InChI is InChI=1S/C13H15F2N3O3S/c1-3-9-7-12(16-18(9)2)17-22(19,20)11-6-4-5-10(8-11)21-13(14)15/h4-8,13H,3H2,1-2H3,(H,16,17). The maximum atomic E-state index is 12.2. The lowest BCUT2D eigenvalue weighted by Crippen LogP contribution is -2.14. The summed E-state index contributed by atoms with van der Waals surface area (Å²) in [5, 5.41) is 4.04. The summed E-state index contributed by atoms with van der Waals surface area (Å²) < 4.78 is 56.9. The molecule has 9 heteroatoms. The zero-order valence-corrected chi connectivity index (χ0v) is 12.8. The number of alkyl halides is 2. The normalized spacial score (nSPS) is 11.7. The third-order valence-corrected chi connectivity index (χ3v) is 4.27. The molecule has 0 spiro atoms. The van der Waals surface area contributed by atoms with E-state index >= 15 is 0 Å². The van der Waals surface area contributed by atoms with Gasteiger partial charge in [0, 0.05) is 24.9 Å². The van der Waals surface area contributed by atoms with Crippen molar-refractivity contribution in [2.45, 2.75) is 24.9 Å². The number of benzene rings is 1. The number of halogens is 2. The van der Waals surface area contributed by atoms with Gasteiger partial charge in [0.15, 0.2) is 5.82 Å². The molecule has 0 radical (unpaired) electrons. The van der Waals surface area contributed by atoms with Crippen LogP contribution in [0.2, 0.25) is 0 Å². The lowest BCUT2D eigenvalue weighted by atomic mass is 10.3. The first kappa shape index (κ1) is 16.2. The highest BCUT2D eigenvalue weighted by Gasteiger charge is 2.18. The molecule has 1 heterocycles. The van der Waals surface area contributed by atoms with Crippen LogP contribution in [0.4, 0.5) is 14.6 Å². The fraction of sp³-hybridized carbons (Fsp3) is 0.308. The molecule has 1 N–H and O–H groups in total. The minimum absolute atomic E-state index is 0.166. The van der Waals surface area contributed by atoms with Crippen molar-refractivity contribution in [3.63, 3.8) is 0 Å². The van der Waals surface area contributed by atoms with Gasteiger partial charge in [0.05, 0.1) is 4.90 Å². The lowest BCUT2D eigenvalue weighted by molar-refractivity contribution is -0.0499. The van der Waals surface area contributed by atoms with Crippen LogP contribution in [0.3, 0.4) is 0 Å². The topological polar surface area (TPSA) is 73.2 Å². The lowest BCUT2D eigenvalue weighted by Gasteiger charge is -2.08. The van der Waals surface area contributed by atoms with Crippen molar-refractivity contribution in [2.24, 2.45) is 7.05 Å². The molecule has 2 aromatic rings. The fourth-order valence-electron chi connectivity index (χ4n) is 1.90. The van der Waals surface area contributed by atoms with Crippen molar-refractivity contribution < 1.29 is 21.9 Å². The Balaban J connectivity index is 2.26.